The number of aliphatic hydroxyl groups is 2. The third-order valence-electron chi connectivity index (χ3n) is 11.8. The molecule has 364 valence electrons. The van der Waals surface area contributed by atoms with E-state index >= 15 is 0 Å². The van der Waals surface area contributed by atoms with E-state index in [2.05, 4.69) is 34.2 Å². The van der Waals surface area contributed by atoms with Crippen LogP contribution in [0, 0.1) is 95.2 Å². The summed E-state index contributed by atoms with van der Waals surface area (Å²) in [4.78, 5) is 34.0. The number of carbonyl (C=O) groups is 2. The van der Waals surface area contributed by atoms with Crippen molar-refractivity contribution in [2.45, 2.75) is 83.1 Å². The minimum atomic E-state index is -0.156. The zero-order chi connectivity index (χ0) is 49.4. The molecule has 6 aromatic carbocycles. The molecule has 0 saturated heterocycles. The first-order chi connectivity index (χ1) is 32.3. The van der Waals surface area contributed by atoms with E-state index in [-0.39, 0.29) is 65.2 Å². The van der Waals surface area contributed by atoms with Gasteiger partial charge in [-0.2, -0.15) is 35.0 Å². The molecule has 0 spiro atoms. The van der Waals surface area contributed by atoms with Gasteiger partial charge in [0, 0.05) is 88.9 Å². The Hall–Kier alpha value is -6.32. The molecule has 2 aromatic heterocycles. The summed E-state index contributed by atoms with van der Waals surface area (Å²) in [6, 6.07) is 42.6. The molecule has 2 heterocycles. The van der Waals surface area contributed by atoms with Gasteiger partial charge in [0.25, 0.3) is 0 Å². The fourth-order valence-corrected chi connectivity index (χ4v) is 9.30. The SMILES string of the molecule is Cc1cc(C)c(C(=O)/C=C(\O)c2c(C)cc(C)cc2C)c(C)c1.Cc1cc(C)c(C(=O)/C=C(\O)c2c(C)cc(C)cc2C)c(C)c1.[Pt].[Pt].[c-]1cc2cc(-c3ccccn3)[c-]cc2cc1-c1ccccn1. The fourth-order valence-electron chi connectivity index (χ4n) is 9.30. The van der Waals surface area contributed by atoms with Crippen LogP contribution in [0.3, 0.4) is 0 Å². The van der Waals surface area contributed by atoms with Gasteiger partial charge in [0.2, 0.25) is 0 Å². The summed E-state index contributed by atoms with van der Waals surface area (Å²) >= 11 is 0. The molecule has 0 aliphatic carbocycles. The van der Waals surface area contributed by atoms with E-state index in [4.69, 9.17) is 0 Å². The number of nitrogens with zero attached hydrogens (tertiary/aromatic N) is 2. The first-order valence-electron chi connectivity index (χ1n) is 22.7. The maximum atomic E-state index is 12.6. The molecule has 0 radical (unpaired) electrons. The zero-order valence-electron chi connectivity index (χ0n) is 41.9. The van der Waals surface area contributed by atoms with E-state index in [1.165, 1.54) is 12.2 Å². The van der Waals surface area contributed by atoms with Crippen LogP contribution in [0.5, 0.6) is 0 Å². The van der Waals surface area contributed by atoms with Crippen molar-refractivity contribution in [2.24, 2.45) is 0 Å². The molecule has 6 nitrogen and oxygen atoms in total. The molecular formula is C62H60N2O4Pt2-2. The van der Waals surface area contributed by atoms with Gasteiger partial charge in [-0.05, 0) is 151 Å². The smallest absolute Gasteiger partial charge is 0.190 e. The van der Waals surface area contributed by atoms with Crippen LogP contribution in [0.4, 0.5) is 0 Å². The number of pyridine rings is 2. The van der Waals surface area contributed by atoms with Crippen LogP contribution in [0.2, 0.25) is 0 Å². The van der Waals surface area contributed by atoms with Gasteiger partial charge >= 0.3 is 0 Å². The molecule has 0 bridgehead atoms. The molecule has 0 aliphatic heterocycles. The molecule has 0 atom stereocenters. The number of aromatic nitrogens is 2. The van der Waals surface area contributed by atoms with Crippen LogP contribution in [0.25, 0.3) is 44.8 Å². The molecule has 0 saturated carbocycles. The predicted octanol–water partition coefficient (Wildman–Crippen LogP) is 15.2. The number of carbonyl (C=O) groups excluding carboxylic acids is 2. The number of ketones is 2. The minimum absolute atomic E-state index is 0. The molecule has 0 aliphatic rings. The Labute approximate surface area is 443 Å². The number of aliphatic hydroxyl groups excluding tert-OH is 2. The second-order valence-electron chi connectivity index (χ2n) is 17.9. The third kappa shape index (κ3) is 13.9. The molecule has 8 rings (SSSR count). The fraction of sp³-hybridized carbons (Fsp3) is 0.194. The van der Waals surface area contributed by atoms with Gasteiger partial charge in [-0.3, -0.25) is 9.59 Å². The summed E-state index contributed by atoms with van der Waals surface area (Å²) in [5.41, 5.74) is 18.9. The van der Waals surface area contributed by atoms with Crippen molar-refractivity contribution in [2.75, 3.05) is 0 Å². The minimum Gasteiger partial charge on any atom is -0.507 e. The van der Waals surface area contributed by atoms with Gasteiger partial charge in [-0.25, -0.2) is 0 Å². The van der Waals surface area contributed by atoms with Crippen LogP contribution in [0.1, 0.15) is 98.6 Å². The number of hydrogen-bond donors (Lipinski definition) is 2. The van der Waals surface area contributed by atoms with E-state index in [1.807, 2.05) is 180 Å². The largest absolute Gasteiger partial charge is 0.507 e. The number of allylic oxidation sites excluding steroid dienone is 2. The topological polar surface area (TPSA) is 100 Å². The first-order valence-corrected chi connectivity index (χ1v) is 22.7. The zero-order valence-corrected chi connectivity index (χ0v) is 46.5. The maximum Gasteiger partial charge on any atom is 0.190 e. The van der Waals surface area contributed by atoms with Gasteiger partial charge in [0.15, 0.2) is 11.6 Å². The summed E-state index contributed by atoms with van der Waals surface area (Å²) < 4.78 is 0. The molecular weight excluding hydrogens is 1230 g/mol. The Morgan fingerprint density at radius 2 is 0.686 bits per heavy atom. The van der Waals surface area contributed by atoms with Gasteiger partial charge in [-0.15, -0.1) is 23.3 Å². The van der Waals surface area contributed by atoms with E-state index < -0.39 is 0 Å². The number of fused-ring (bicyclic) bond motifs is 1. The van der Waals surface area contributed by atoms with Crippen molar-refractivity contribution >= 4 is 33.9 Å². The van der Waals surface area contributed by atoms with Crippen molar-refractivity contribution in [3.63, 3.8) is 0 Å². The second-order valence-corrected chi connectivity index (χ2v) is 17.9. The van der Waals surface area contributed by atoms with Crippen molar-refractivity contribution < 1.29 is 61.9 Å². The van der Waals surface area contributed by atoms with Gasteiger partial charge < -0.3 is 20.2 Å². The van der Waals surface area contributed by atoms with Crippen LogP contribution in [0.15, 0.2) is 134 Å². The van der Waals surface area contributed by atoms with Gasteiger partial charge in [0.05, 0.1) is 0 Å². The summed E-state index contributed by atoms with van der Waals surface area (Å²) in [5, 5.41) is 23.2. The van der Waals surface area contributed by atoms with Crippen LogP contribution >= 0.6 is 0 Å². The van der Waals surface area contributed by atoms with Crippen LogP contribution < -0.4 is 0 Å². The summed E-state index contributed by atoms with van der Waals surface area (Å²) in [6.07, 6.45) is 6.28. The summed E-state index contributed by atoms with van der Waals surface area (Å²) in [7, 11) is 0. The Balaban J connectivity index is 0.000000225. The van der Waals surface area contributed by atoms with Crippen molar-refractivity contribution in [1.29, 1.82) is 0 Å². The molecule has 70 heavy (non-hydrogen) atoms. The molecule has 0 amide bonds. The Morgan fingerprint density at radius 1 is 0.414 bits per heavy atom. The molecule has 0 unspecified atom stereocenters. The number of hydrogen-bond acceptors (Lipinski definition) is 6. The molecule has 0 fully saturated rings. The maximum absolute atomic E-state index is 12.6. The van der Waals surface area contributed by atoms with E-state index in [1.54, 1.807) is 12.4 Å². The van der Waals surface area contributed by atoms with Crippen molar-refractivity contribution in [1.82, 2.24) is 9.97 Å². The normalized spacial score (nSPS) is 11.0. The third-order valence-corrected chi connectivity index (χ3v) is 11.8. The Kier molecular flexibility index (Phi) is 20.1. The number of rotatable bonds is 8. The van der Waals surface area contributed by atoms with Gasteiger partial charge in [-0.1, -0.05) is 95.1 Å². The molecule has 8 aromatic rings. The van der Waals surface area contributed by atoms with E-state index in [0.717, 1.165) is 111 Å². The summed E-state index contributed by atoms with van der Waals surface area (Å²) in [6.45, 7) is 23.6. The Morgan fingerprint density at radius 3 is 0.943 bits per heavy atom. The predicted molar refractivity (Wildman–Crippen MR) is 281 cm³/mol. The van der Waals surface area contributed by atoms with Crippen LogP contribution in [-0.2, 0) is 42.1 Å². The first kappa shape index (κ1) is 56.3. The van der Waals surface area contributed by atoms with Gasteiger partial charge in [0.1, 0.15) is 11.5 Å². The quantitative estimate of drug-likeness (QED) is 0.0680. The summed E-state index contributed by atoms with van der Waals surface area (Å²) in [5.74, 6) is -0.248. The average molecular weight is 1290 g/mol. The van der Waals surface area contributed by atoms with E-state index in [9.17, 15) is 19.8 Å². The second kappa shape index (κ2) is 25.0. The number of aryl methyl sites for hydroxylation is 12. The molecule has 2 N–H and O–H groups in total. The standard InChI is InChI=1S/2C21H24O2.C20H12N2.2Pt/c2*1-12-7-14(3)20(15(4)8-12)18(22)11-19(23)21-16(5)9-13(2)10-17(21)6;1-3-11-21-19(5-1)17-9-7-16-14-18(10-8-15(16)13-17)20-6-2-4-12-22-20;;/h2*7-11,22H,1-6H3;1-8,11-14H;;/q;;-2;;/b2*18-11-;;;. The van der Waals surface area contributed by atoms with Crippen LogP contribution in [-0.4, -0.2) is 31.7 Å². The average Bonchev–Trinajstić information content (AvgIpc) is 3.25. The monoisotopic (exact) mass is 1290 g/mol. The number of benzene rings is 6. The molecule has 8 heteroatoms. The van der Waals surface area contributed by atoms with Crippen molar-refractivity contribution in [3.8, 4) is 22.5 Å². The van der Waals surface area contributed by atoms with E-state index in [0.29, 0.717) is 11.1 Å². The van der Waals surface area contributed by atoms with Crippen molar-refractivity contribution in [3.05, 3.63) is 235 Å². The Bertz CT molecular complexity index is 2940.